The molecule has 2 aromatic carbocycles. The summed E-state index contributed by atoms with van der Waals surface area (Å²) in [5, 5.41) is 9.25. The highest BCUT2D eigenvalue weighted by atomic mass is 16.5. The number of benzene rings is 2. The average Bonchev–Trinajstić information content (AvgIpc) is 3.06. The van der Waals surface area contributed by atoms with E-state index in [0.717, 1.165) is 17.7 Å². The van der Waals surface area contributed by atoms with E-state index in [4.69, 9.17) is 9.15 Å². The fourth-order valence-corrected chi connectivity index (χ4v) is 2.63. The van der Waals surface area contributed by atoms with Gasteiger partial charge in [-0.25, -0.2) is 4.98 Å². The van der Waals surface area contributed by atoms with Crippen LogP contribution in [0.15, 0.2) is 52.9 Å². The summed E-state index contributed by atoms with van der Waals surface area (Å²) in [6, 6.07) is 14.9. The lowest BCUT2D eigenvalue weighted by molar-refractivity contribution is -0.135. The monoisotopic (exact) mass is 365 g/mol. The van der Waals surface area contributed by atoms with E-state index >= 15 is 0 Å². The third-order valence-electron chi connectivity index (χ3n) is 4.10. The van der Waals surface area contributed by atoms with Crippen LogP contribution in [-0.2, 0) is 4.79 Å². The van der Waals surface area contributed by atoms with Crippen LogP contribution in [0.5, 0.6) is 5.75 Å². The number of aromatic nitrogens is 1. The second kappa shape index (κ2) is 8.54. The molecule has 3 aromatic rings. The van der Waals surface area contributed by atoms with E-state index < -0.39 is 5.97 Å². The van der Waals surface area contributed by atoms with Crippen molar-refractivity contribution in [2.24, 2.45) is 5.92 Å². The van der Waals surface area contributed by atoms with E-state index in [2.05, 4.69) is 18.8 Å². The first-order valence-corrected chi connectivity index (χ1v) is 9.02. The molecule has 0 amide bonds. The second-order valence-electron chi connectivity index (χ2n) is 6.83. The number of ether oxygens (including phenoxy) is 1. The van der Waals surface area contributed by atoms with Crippen LogP contribution >= 0.6 is 0 Å². The predicted molar refractivity (Wildman–Crippen MR) is 106 cm³/mol. The molecule has 1 aromatic heterocycles. The van der Waals surface area contributed by atoms with Crippen LogP contribution in [0.25, 0.3) is 22.7 Å². The van der Waals surface area contributed by atoms with Gasteiger partial charge < -0.3 is 14.3 Å². The minimum atomic E-state index is -0.933. The summed E-state index contributed by atoms with van der Waals surface area (Å²) in [5.74, 6) is 0.796. The summed E-state index contributed by atoms with van der Waals surface area (Å²) in [7, 11) is 0. The third kappa shape index (κ3) is 5.20. The van der Waals surface area contributed by atoms with Gasteiger partial charge in [-0.3, -0.25) is 4.79 Å². The Balaban J connectivity index is 1.82. The molecule has 140 valence electrons. The van der Waals surface area contributed by atoms with Crippen LogP contribution in [0.4, 0.5) is 0 Å². The normalized spacial score (nSPS) is 11.9. The Morgan fingerprint density at radius 2 is 1.93 bits per heavy atom. The quantitative estimate of drug-likeness (QED) is 0.589. The lowest BCUT2D eigenvalue weighted by Crippen LogP contribution is -2.01. The lowest BCUT2D eigenvalue weighted by atomic mass is 10.1. The van der Waals surface area contributed by atoms with Crippen molar-refractivity contribution < 1.29 is 19.1 Å². The fourth-order valence-electron chi connectivity index (χ4n) is 2.63. The molecule has 0 atom stereocenters. The average molecular weight is 365 g/mol. The Kier molecular flexibility index (Phi) is 5.91. The van der Waals surface area contributed by atoms with Crippen molar-refractivity contribution >= 4 is 28.7 Å². The van der Waals surface area contributed by atoms with Crippen molar-refractivity contribution in [2.75, 3.05) is 6.61 Å². The number of aliphatic carboxylic acids is 1. The molecule has 0 spiro atoms. The molecular weight excluding hydrogens is 342 g/mol. The topological polar surface area (TPSA) is 72.6 Å². The zero-order valence-electron chi connectivity index (χ0n) is 15.5. The van der Waals surface area contributed by atoms with Gasteiger partial charge in [-0.05, 0) is 48.2 Å². The van der Waals surface area contributed by atoms with Crippen LogP contribution in [-0.4, -0.2) is 22.7 Å². The second-order valence-corrected chi connectivity index (χ2v) is 6.83. The highest BCUT2D eigenvalue weighted by Crippen LogP contribution is 2.26. The number of hydrogen-bond acceptors (Lipinski definition) is 4. The summed E-state index contributed by atoms with van der Waals surface area (Å²) in [4.78, 5) is 15.7. The summed E-state index contributed by atoms with van der Waals surface area (Å²) in [5.41, 5.74) is 2.73. The van der Waals surface area contributed by atoms with Crippen molar-refractivity contribution in [1.29, 1.82) is 0 Å². The molecule has 1 heterocycles. The highest BCUT2D eigenvalue weighted by molar-refractivity contribution is 5.90. The molecule has 5 nitrogen and oxygen atoms in total. The van der Waals surface area contributed by atoms with Crippen molar-refractivity contribution in [1.82, 2.24) is 4.98 Å². The number of carbonyl (C=O) groups is 1. The molecule has 27 heavy (non-hydrogen) atoms. The van der Waals surface area contributed by atoms with Gasteiger partial charge in [0.15, 0.2) is 5.58 Å². The van der Waals surface area contributed by atoms with Gasteiger partial charge in [0.2, 0.25) is 5.89 Å². The Bertz CT molecular complexity index is 905. The first kappa shape index (κ1) is 18.7. The number of fused-ring (bicyclic) bond motifs is 1. The summed E-state index contributed by atoms with van der Waals surface area (Å²) in [6.45, 7) is 5.00. The maximum absolute atomic E-state index is 11.3. The van der Waals surface area contributed by atoms with Gasteiger partial charge in [0.1, 0.15) is 11.3 Å². The van der Waals surface area contributed by atoms with E-state index in [1.54, 1.807) is 6.08 Å². The summed E-state index contributed by atoms with van der Waals surface area (Å²) < 4.78 is 11.5. The van der Waals surface area contributed by atoms with Gasteiger partial charge in [0, 0.05) is 5.57 Å². The SMILES string of the molecule is CC(C)CCOc1ccc(/C=C(/CC(=O)O)c2nc3ccccc3o2)cc1. The van der Waals surface area contributed by atoms with Gasteiger partial charge in [-0.15, -0.1) is 0 Å². The van der Waals surface area contributed by atoms with Gasteiger partial charge in [0.05, 0.1) is 13.0 Å². The smallest absolute Gasteiger partial charge is 0.308 e. The molecule has 5 heteroatoms. The molecule has 0 saturated carbocycles. The van der Waals surface area contributed by atoms with Crippen molar-refractivity contribution in [3.05, 3.63) is 60.0 Å². The minimum absolute atomic E-state index is 0.167. The largest absolute Gasteiger partial charge is 0.494 e. The fraction of sp³-hybridized carbons (Fsp3) is 0.273. The molecule has 3 rings (SSSR count). The molecule has 0 saturated heterocycles. The van der Waals surface area contributed by atoms with E-state index in [9.17, 15) is 9.90 Å². The Morgan fingerprint density at radius 3 is 2.59 bits per heavy atom. The Labute approximate surface area is 158 Å². The first-order valence-electron chi connectivity index (χ1n) is 9.02. The van der Waals surface area contributed by atoms with Crippen LogP contribution in [0.3, 0.4) is 0 Å². The molecule has 0 aliphatic carbocycles. The van der Waals surface area contributed by atoms with E-state index in [1.807, 2.05) is 48.5 Å². The number of nitrogens with zero attached hydrogens (tertiary/aromatic N) is 1. The van der Waals surface area contributed by atoms with Crippen molar-refractivity contribution in [3.63, 3.8) is 0 Å². The van der Waals surface area contributed by atoms with E-state index in [-0.39, 0.29) is 6.42 Å². The highest BCUT2D eigenvalue weighted by Gasteiger charge is 2.14. The van der Waals surface area contributed by atoms with Crippen LogP contribution in [0.1, 0.15) is 38.1 Å². The number of rotatable bonds is 8. The zero-order chi connectivity index (χ0) is 19.2. The molecule has 0 aliphatic rings. The van der Waals surface area contributed by atoms with Crippen LogP contribution < -0.4 is 4.74 Å². The summed E-state index contributed by atoms with van der Waals surface area (Å²) >= 11 is 0. The molecule has 0 unspecified atom stereocenters. The predicted octanol–water partition coefficient (Wildman–Crippen LogP) is 5.27. The number of hydrogen-bond donors (Lipinski definition) is 1. The molecule has 0 bridgehead atoms. The van der Waals surface area contributed by atoms with E-state index in [1.165, 1.54) is 0 Å². The number of oxazole rings is 1. The van der Waals surface area contributed by atoms with Gasteiger partial charge in [-0.2, -0.15) is 0 Å². The number of para-hydroxylation sites is 2. The van der Waals surface area contributed by atoms with Gasteiger partial charge in [0.25, 0.3) is 0 Å². The summed E-state index contributed by atoms with van der Waals surface area (Å²) in [6.07, 6.45) is 2.62. The van der Waals surface area contributed by atoms with E-state index in [0.29, 0.717) is 35.1 Å². The Morgan fingerprint density at radius 1 is 1.19 bits per heavy atom. The van der Waals surface area contributed by atoms with Crippen LogP contribution in [0.2, 0.25) is 0 Å². The molecule has 1 N–H and O–H groups in total. The maximum Gasteiger partial charge on any atom is 0.308 e. The van der Waals surface area contributed by atoms with Crippen molar-refractivity contribution in [3.8, 4) is 5.75 Å². The maximum atomic E-state index is 11.3. The minimum Gasteiger partial charge on any atom is -0.494 e. The molecule has 0 fully saturated rings. The molecule has 0 radical (unpaired) electrons. The number of carboxylic acids is 1. The lowest BCUT2D eigenvalue weighted by Gasteiger charge is -2.08. The van der Waals surface area contributed by atoms with Crippen LogP contribution in [0, 0.1) is 5.92 Å². The standard InChI is InChI=1S/C22H23NO4/c1-15(2)11-12-26-18-9-7-16(8-10-18)13-17(14-21(24)25)22-23-19-5-3-4-6-20(19)27-22/h3-10,13,15H,11-12,14H2,1-2H3,(H,24,25)/b17-13-. The number of carboxylic acid groups (broad SMARTS) is 1. The Hall–Kier alpha value is -3.08. The van der Waals surface area contributed by atoms with Gasteiger partial charge >= 0.3 is 5.97 Å². The van der Waals surface area contributed by atoms with Gasteiger partial charge in [-0.1, -0.05) is 38.1 Å². The molecular formula is C22H23NO4. The molecule has 0 aliphatic heterocycles. The zero-order valence-corrected chi connectivity index (χ0v) is 15.5. The van der Waals surface area contributed by atoms with Crippen molar-refractivity contribution in [2.45, 2.75) is 26.7 Å². The third-order valence-corrected chi connectivity index (χ3v) is 4.10. The first-order chi connectivity index (χ1) is 13.0.